The van der Waals surface area contributed by atoms with Gasteiger partial charge in [0.05, 0.1) is 16.1 Å². The predicted octanol–water partition coefficient (Wildman–Crippen LogP) is 4.37. The zero-order chi connectivity index (χ0) is 15.5. The van der Waals surface area contributed by atoms with E-state index < -0.39 is 16.7 Å². The highest BCUT2D eigenvalue weighted by Crippen LogP contribution is 2.31. The molecule has 0 aliphatic heterocycles. The van der Waals surface area contributed by atoms with Gasteiger partial charge in [0.1, 0.15) is 0 Å². The van der Waals surface area contributed by atoms with Crippen molar-refractivity contribution in [3.63, 3.8) is 0 Å². The Bertz CT molecular complexity index is 662. The van der Waals surface area contributed by atoms with E-state index in [4.69, 9.17) is 0 Å². The van der Waals surface area contributed by atoms with Gasteiger partial charge in [-0.1, -0.05) is 42.5 Å². The maximum Gasteiger partial charge on any atom is 0.416 e. The summed E-state index contributed by atoms with van der Waals surface area (Å²) in [6.45, 7) is 0. The average Bonchev–Trinajstić information content (AvgIpc) is 2.45. The van der Waals surface area contributed by atoms with Crippen LogP contribution in [-0.2, 0) is 6.18 Å². The number of benzene rings is 2. The summed E-state index contributed by atoms with van der Waals surface area (Å²) in [6.07, 6.45) is -3.64. The fraction of sp³-hybridized carbons (Fsp3) is 0.0667. The van der Waals surface area contributed by atoms with Crippen molar-refractivity contribution in [1.82, 2.24) is 0 Å². The molecule has 0 saturated carbocycles. The van der Waals surface area contributed by atoms with E-state index in [1.807, 2.05) is 0 Å². The maximum absolute atomic E-state index is 12.5. The fourth-order valence-electron chi connectivity index (χ4n) is 1.88. The van der Waals surface area contributed by atoms with Crippen molar-refractivity contribution in [2.75, 3.05) is 0 Å². The van der Waals surface area contributed by atoms with Gasteiger partial charge in [0.2, 0.25) is 6.20 Å². The summed E-state index contributed by atoms with van der Waals surface area (Å²) in [5.41, 5.74) is 0.383. The van der Waals surface area contributed by atoms with Gasteiger partial charge in [0, 0.05) is 0 Å². The molecule has 0 spiro atoms. The summed E-state index contributed by atoms with van der Waals surface area (Å²) < 4.78 is 37.6. The normalized spacial score (nSPS) is 12.2. The van der Waals surface area contributed by atoms with Gasteiger partial charge in [-0.15, -0.1) is 0 Å². The Morgan fingerprint density at radius 3 is 1.95 bits per heavy atom. The minimum atomic E-state index is -4.43. The van der Waals surface area contributed by atoms with Crippen molar-refractivity contribution in [2.45, 2.75) is 6.18 Å². The SMILES string of the molecule is O=[N+]([O-])/C=C(\c1ccccc1)c1ccc(C(F)(F)F)cc1. The summed E-state index contributed by atoms with van der Waals surface area (Å²) in [7, 11) is 0. The third-order valence-electron chi connectivity index (χ3n) is 2.84. The number of halogens is 3. The highest BCUT2D eigenvalue weighted by atomic mass is 19.4. The van der Waals surface area contributed by atoms with Crippen LogP contribution in [-0.4, -0.2) is 4.92 Å². The topological polar surface area (TPSA) is 43.1 Å². The summed E-state index contributed by atoms with van der Waals surface area (Å²) in [6, 6.07) is 12.7. The zero-order valence-corrected chi connectivity index (χ0v) is 10.7. The van der Waals surface area contributed by atoms with Crippen molar-refractivity contribution in [2.24, 2.45) is 0 Å². The van der Waals surface area contributed by atoms with Crippen LogP contribution in [0.25, 0.3) is 5.57 Å². The predicted molar refractivity (Wildman–Crippen MR) is 72.0 cm³/mol. The van der Waals surface area contributed by atoms with Crippen LogP contribution >= 0.6 is 0 Å². The number of hydrogen-bond donors (Lipinski definition) is 0. The van der Waals surface area contributed by atoms with Crippen LogP contribution in [0.1, 0.15) is 16.7 Å². The molecule has 0 amide bonds. The highest BCUT2D eigenvalue weighted by molar-refractivity contribution is 5.79. The van der Waals surface area contributed by atoms with Crippen LogP contribution in [0.5, 0.6) is 0 Å². The molecule has 2 aromatic carbocycles. The Labute approximate surface area is 118 Å². The average molecular weight is 293 g/mol. The van der Waals surface area contributed by atoms with E-state index in [0.717, 1.165) is 18.3 Å². The van der Waals surface area contributed by atoms with Gasteiger partial charge in [-0.05, 0) is 23.3 Å². The van der Waals surface area contributed by atoms with Gasteiger partial charge in [-0.25, -0.2) is 0 Å². The molecule has 0 aliphatic carbocycles. The Hall–Kier alpha value is -2.63. The molecule has 3 nitrogen and oxygen atoms in total. The summed E-state index contributed by atoms with van der Waals surface area (Å²) in [4.78, 5) is 10.1. The van der Waals surface area contributed by atoms with Crippen molar-refractivity contribution >= 4 is 5.57 Å². The lowest BCUT2D eigenvalue weighted by molar-refractivity contribution is -0.401. The van der Waals surface area contributed by atoms with Crippen LogP contribution in [0.2, 0.25) is 0 Å². The summed E-state index contributed by atoms with van der Waals surface area (Å²) >= 11 is 0. The number of nitro groups is 1. The maximum atomic E-state index is 12.5. The lowest BCUT2D eigenvalue weighted by atomic mass is 9.98. The van der Waals surface area contributed by atoms with Crippen LogP contribution in [0.15, 0.2) is 60.8 Å². The third kappa shape index (κ3) is 3.68. The summed E-state index contributed by atoms with van der Waals surface area (Å²) in [5, 5.41) is 10.7. The molecule has 108 valence electrons. The molecule has 0 aromatic heterocycles. The van der Waals surface area contributed by atoms with E-state index >= 15 is 0 Å². The lowest BCUT2D eigenvalue weighted by Crippen LogP contribution is -2.04. The van der Waals surface area contributed by atoms with Crippen molar-refractivity contribution in [1.29, 1.82) is 0 Å². The minimum absolute atomic E-state index is 0.259. The molecule has 0 unspecified atom stereocenters. The minimum Gasteiger partial charge on any atom is -0.259 e. The van der Waals surface area contributed by atoms with Crippen LogP contribution in [0.4, 0.5) is 13.2 Å². The van der Waals surface area contributed by atoms with Gasteiger partial charge in [-0.2, -0.15) is 13.2 Å². The Balaban J connectivity index is 2.46. The largest absolute Gasteiger partial charge is 0.416 e. The first kappa shape index (κ1) is 14.8. The van der Waals surface area contributed by atoms with E-state index in [9.17, 15) is 23.3 Å². The van der Waals surface area contributed by atoms with E-state index in [-0.39, 0.29) is 5.57 Å². The molecule has 0 aliphatic rings. The molecule has 0 N–H and O–H groups in total. The first-order valence-electron chi connectivity index (χ1n) is 5.96. The monoisotopic (exact) mass is 293 g/mol. The molecule has 2 aromatic rings. The Morgan fingerprint density at radius 2 is 1.48 bits per heavy atom. The molecule has 0 bridgehead atoms. The van der Waals surface area contributed by atoms with Crippen molar-refractivity contribution < 1.29 is 18.1 Å². The van der Waals surface area contributed by atoms with Crippen molar-refractivity contribution in [3.8, 4) is 0 Å². The standard InChI is InChI=1S/C15H10F3NO2/c16-15(17,18)13-8-6-12(7-9-13)14(10-19(20)21)11-4-2-1-3-5-11/h1-10H/b14-10+. The number of hydrogen-bond acceptors (Lipinski definition) is 2. The Morgan fingerprint density at radius 1 is 0.952 bits per heavy atom. The van der Waals surface area contributed by atoms with Gasteiger partial charge < -0.3 is 0 Å². The van der Waals surface area contributed by atoms with Gasteiger partial charge in [0.15, 0.2) is 0 Å². The fourth-order valence-corrected chi connectivity index (χ4v) is 1.88. The second-order valence-electron chi connectivity index (χ2n) is 4.27. The van der Waals surface area contributed by atoms with E-state index in [0.29, 0.717) is 11.1 Å². The van der Waals surface area contributed by atoms with E-state index in [1.54, 1.807) is 30.3 Å². The molecule has 0 heterocycles. The Kier molecular flexibility index (Phi) is 4.07. The van der Waals surface area contributed by atoms with Crippen LogP contribution < -0.4 is 0 Å². The molecule has 6 heteroatoms. The quantitative estimate of drug-likeness (QED) is 0.623. The second kappa shape index (κ2) is 5.78. The van der Waals surface area contributed by atoms with Crippen LogP contribution in [0, 0.1) is 10.1 Å². The molecular weight excluding hydrogens is 283 g/mol. The smallest absolute Gasteiger partial charge is 0.259 e. The third-order valence-corrected chi connectivity index (χ3v) is 2.84. The number of nitrogens with zero attached hydrogens (tertiary/aromatic N) is 1. The molecule has 21 heavy (non-hydrogen) atoms. The molecule has 2 rings (SSSR count). The molecule has 0 fully saturated rings. The molecular formula is C15H10F3NO2. The molecule has 0 atom stereocenters. The lowest BCUT2D eigenvalue weighted by Gasteiger charge is -2.09. The first-order valence-corrected chi connectivity index (χ1v) is 5.96. The van der Waals surface area contributed by atoms with E-state index in [1.165, 1.54) is 12.1 Å². The van der Waals surface area contributed by atoms with Gasteiger partial charge >= 0.3 is 6.18 Å². The number of alkyl halides is 3. The van der Waals surface area contributed by atoms with E-state index in [2.05, 4.69) is 0 Å². The zero-order valence-electron chi connectivity index (χ0n) is 10.7. The second-order valence-corrected chi connectivity index (χ2v) is 4.27. The first-order chi connectivity index (χ1) is 9.88. The van der Waals surface area contributed by atoms with Crippen LogP contribution in [0.3, 0.4) is 0 Å². The van der Waals surface area contributed by atoms with Gasteiger partial charge in [-0.3, -0.25) is 10.1 Å². The van der Waals surface area contributed by atoms with Gasteiger partial charge in [0.25, 0.3) is 0 Å². The molecule has 0 saturated heterocycles. The number of rotatable bonds is 3. The molecule has 0 radical (unpaired) electrons. The van der Waals surface area contributed by atoms with Crippen molar-refractivity contribution in [3.05, 3.63) is 87.6 Å². The summed E-state index contributed by atoms with van der Waals surface area (Å²) in [5.74, 6) is 0. The highest BCUT2D eigenvalue weighted by Gasteiger charge is 2.30.